The van der Waals surface area contributed by atoms with Crippen LogP contribution in [0.2, 0.25) is 0 Å². The molecule has 0 saturated carbocycles. The highest BCUT2D eigenvalue weighted by molar-refractivity contribution is 5.94. The summed E-state index contributed by atoms with van der Waals surface area (Å²) in [6.07, 6.45) is 4.59. The van der Waals surface area contributed by atoms with Gasteiger partial charge < -0.3 is 19.8 Å². The second kappa shape index (κ2) is 7.15. The molecule has 1 N–H and O–H groups in total. The summed E-state index contributed by atoms with van der Waals surface area (Å²) in [5, 5.41) is 9.41. The number of phenols is 1. The minimum atomic E-state index is 0.0333. The third-order valence-electron chi connectivity index (χ3n) is 6.73. The van der Waals surface area contributed by atoms with Crippen molar-refractivity contribution in [2.75, 3.05) is 39.8 Å². The highest BCUT2D eigenvalue weighted by Gasteiger charge is 2.44. The van der Waals surface area contributed by atoms with Gasteiger partial charge in [0.1, 0.15) is 5.75 Å². The van der Waals surface area contributed by atoms with Crippen molar-refractivity contribution in [2.45, 2.75) is 38.1 Å². The van der Waals surface area contributed by atoms with Crippen molar-refractivity contribution in [3.8, 4) is 5.75 Å². The molecule has 6 heteroatoms. The number of carbonyl (C=O) groups is 2. The maximum absolute atomic E-state index is 12.7. The van der Waals surface area contributed by atoms with E-state index in [-0.39, 0.29) is 17.1 Å². The molecule has 2 amide bonds. The molecular formula is C21H29N3O3. The Morgan fingerprint density at radius 2 is 1.81 bits per heavy atom. The Balaban J connectivity index is 1.39. The topological polar surface area (TPSA) is 64.1 Å². The number of likely N-dealkylation sites (tertiary alicyclic amines) is 3. The van der Waals surface area contributed by atoms with E-state index in [0.29, 0.717) is 23.9 Å². The summed E-state index contributed by atoms with van der Waals surface area (Å²) in [5.74, 6) is 0.517. The number of likely N-dealkylation sites (N-methyl/N-ethyl adjacent to an activating group) is 1. The number of rotatable bonds is 2. The smallest absolute Gasteiger partial charge is 0.253 e. The number of benzene rings is 1. The van der Waals surface area contributed by atoms with Gasteiger partial charge in [-0.25, -0.2) is 0 Å². The summed E-state index contributed by atoms with van der Waals surface area (Å²) < 4.78 is 0. The molecule has 146 valence electrons. The molecule has 3 aliphatic rings. The Kier molecular flexibility index (Phi) is 4.84. The van der Waals surface area contributed by atoms with E-state index in [2.05, 4.69) is 16.8 Å². The molecule has 3 fully saturated rings. The maximum Gasteiger partial charge on any atom is 0.253 e. The highest BCUT2D eigenvalue weighted by atomic mass is 16.3. The highest BCUT2D eigenvalue weighted by Crippen LogP contribution is 2.41. The number of carbonyl (C=O) groups excluding carboxylic acids is 2. The first kappa shape index (κ1) is 18.3. The summed E-state index contributed by atoms with van der Waals surface area (Å²) >= 11 is 0. The average Bonchev–Trinajstić information content (AvgIpc) is 3.11. The summed E-state index contributed by atoms with van der Waals surface area (Å²) in [5.41, 5.74) is 0.791. The Hall–Kier alpha value is -2.08. The summed E-state index contributed by atoms with van der Waals surface area (Å²) in [7, 11) is 2.12. The number of amides is 2. The van der Waals surface area contributed by atoms with Crippen molar-refractivity contribution in [3.63, 3.8) is 0 Å². The van der Waals surface area contributed by atoms with Crippen LogP contribution in [0.5, 0.6) is 5.75 Å². The predicted molar refractivity (Wildman–Crippen MR) is 103 cm³/mol. The molecule has 0 unspecified atom stereocenters. The normalized spacial score (nSPS) is 26.0. The van der Waals surface area contributed by atoms with Crippen LogP contribution in [0.4, 0.5) is 0 Å². The van der Waals surface area contributed by atoms with Crippen molar-refractivity contribution in [1.82, 2.24) is 14.7 Å². The minimum Gasteiger partial charge on any atom is -0.508 e. The van der Waals surface area contributed by atoms with Gasteiger partial charge in [-0.05, 0) is 69.0 Å². The number of piperidine rings is 2. The molecule has 3 saturated heterocycles. The van der Waals surface area contributed by atoms with Crippen molar-refractivity contribution in [2.24, 2.45) is 5.41 Å². The monoisotopic (exact) mass is 371 g/mol. The Morgan fingerprint density at radius 1 is 1.11 bits per heavy atom. The molecule has 1 aromatic rings. The van der Waals surface area contributed by atoms with Gasteiger partial charge in [-0.15, -0.1) is 0 Å². The Labute approximate surface area is 160 Å². The van der Waals surface area contributed by atoms with Crippen LogP contribution in [-0.2, 0) is 4.79 Å². The Bertz CT molecular complexity index is 710. The SMILES string of the molecule is CN1CC[C@H](N2CC3(CCC2=O)CCN(C(=O)c2ccc(O)cc2)CC3)C1. The lowest BCUT2D eigenvalue weighted by molar-refractivity contribution is -0.141. The van der Waals surface area contributed by atoms with Gasteiger partial charge in [0.25, 0.3) is 5.91 Å². The number of aromatic hydroxyl groups is 1. The van der Waals surface area contributed by atoms with Crippen LogP contribution < -0.4 is 0 Å². The molecule has 0 aliphatic carbocycles. The molecule has 1 spiro atoms. The quantitative estimate of drug-likeness (QED) is 0.863. The average molecular weight is 371 g/mol. The van der Waals surface area contributed by atoms with E-state index >= 15 is 0 Å². The summed E-state index contributed by atoms with van der Waals surface area (Å²) in [6.45, 7) is 4.38. The van der Waals surface area contributed by atoms with E-state index in [0.717, 1.165) is 58.4 Å². The van der Waals surface area contributed by atoms with Gasteiger partial charge in [-0.3, -0.25) is 9.59 Å². The van der Waals surface area contributed by atoms with Crippen LogP contribution in [0.25, 0.3) is 0 Å². The molecule has 1 aromatic carbocycles. The van der Waals surface area contributed by atoms with Crippen LogP contribution >= 0.6 is 0 Å². The van der Waals surface area contributed by atoms with E-state index in [1.54, 1.807) is 24.3 Å². The minimum absolute atomic E-state index is 0.0333. The van der Waals surface area contributed by atoms with E-state index in [9.17, 15) is 14.7 Å². The first-order chi connectivity index (χ1) is 13.0. The fourth-order valence-corrected chi connectivity index (χ4v) is 4.92. The molecular weight excluding hydrogens is 342 g/mol. The van der Waals surface area contributed by atoms with E-state index in [1.807, 2.05) is 4.90 Å². The standard InChI is InChI=1S/C21H29N3O3/c1-22-11-7-17(14-22)24-15-21(8-6-19(24)26)9-12-23(13-10-21)20(27)16-2-4-18(25)5-3-16/h2-5,17,25H,6-15H2,1H3/t17-/m0/s1. The van der Waals surface area contributed by atoms with Gasteiger partial charge in [0, 0.05) is 44.2 Å². The zero-order valence-corrected chi connectivity index (χ0v) is 16.1. The van der Waals surface area contributed by atoms with Gasteiger partial charge in [-0.1, -0.05) is 0 Å². The van der Waals surface area contributed by atoms with Crippen LogP contribution in [0.1, 0.15) is 42.5 Å². The van der Waals surface area contributed by atoms with Gasteiger partial charge in [-0.2, -0.15) is 0 Å². The van der Waals surface area contributed by atoms with Gasteiger partial charge in [0.2, 0.25) is 5.91 Å². The van der Waals surface area contributed by atoms with E-state index in [4.69, 9.17) is 0 Å². The van der Waals surface area contributed by atoms with E-state index in [1.165, 1.54) is 0 Å². The molecule has 3 heterocycles. The number of hydrogen-bond acceptors (Lipinski definition) is 4. The van der Waals surface area contributed by atoms with Gasteiger partial charge in [0.05, 0.1) is 0 Å². The second-order valence-electron chi connectivity index (χ2n) is 8.57. The van der Waals surface area contributed by atoms with Gasteiger partial charge >= 0.3 is 0 Å². The summed E-state index contributed by atoms with van der Waals surface area (Å²) in [6, 6.07) is 6.83. The zero-order chi connectivity index (χ0) is 19.0. The van der Waals surface area contributed by atoms with Crippen LogP contribution in [0.3, 0.4) is 0 Å². The van der Waals surface area contributed by atoms with Crippen molar-refractivity contribution in [1.29, 1.82) is 0 Å². The fraction of sp³-hybridized carbons (Fsp3) is 0.619. The number of hydrogen-bond donors (Lipinski definition) is 1. The zero-order valence-electron chi connectivity index (χ0n) is 16.1. The number of nitrogens with zero attached hydrogens (tertiary/aromatic N) is 3. The maximum atomic E-state index is 12.7. The number of phenolic OH excluding ortho intramolecular Hbond substituents is 1. The fourth-order valence-electron chi connectivity index (χ4n) is 4.92. The largest absolute Gasteiger partial charge is 0.508 e. The molecule has 6 nitrogen and oxygen atoms in total. The molecule has 0 radical (unpaired) electrons. The molecule has 4 rings (SSSR count). The lowest BCUT2D eigenvalue weighted by Crippen LogP contribution is -2.55. The van der Waals surface area contributed by atoms with Crippen molar-refractivity contribution in [3.05, 3.63) is 29.8 Å². The lowest BCUT2D eigenvalue weighted by atomic mass is 9.72. The predicted octanol–water partition coefficient (Wildman–Crippen LogP) is 1.94. The summed E-state index contributed by atoms with van der Waals surface area (Å²) in [4.78, 5) is 31.6. The van der Waals surface area contributed by atoms with Crippen molar-refractivity contribution >= 4 is 11.8 Å². The molecule has 3 aliphatic heterocycles. The third-order valence-corrected chi connectivity index (χ3v) is 6.73. The van der Waals surface area contributed by atoms with Gasteiger partial charge in [0.15, 0.2) is 0 Å². The Morgan fingerprint density at radius 3 is 2.44 bits per heavy atom. The van der Waals surface area contributed by atoms with Crippen LogP contribution in [0.15, 0.2) is 24.3 Å². The molecule has 0 aromatic heterocycles. The van der Waals surface area contributed by atoms with Crippen LogP contribution in [-0.4, -0.2) is 77.4 Å². The van der Waals surface area contributed by atoms with Crippen molar-refractivity contribution < 1.29 is 14.7 Å². The second-order valence-corrected chi connectivity index (χ2v) is 8.57. The molecule has 1 atom stereocenters. The molecule has 0 bridgehead atoms. The van der Waals surface area contributed by atoms with E-state index < -0.39 is 0 Å². The molecule has 27 heavy (non-hydrogen) atoms. The lowest BCUT2D eigenvalue weighted by Gasteiger charge is -2.49. The van der Waals surface area contributed by atoms with Crippen LogP contribution in [0, 0.1) is 5.41 Å². The third kappa shape index (κ3) is 3.68. The first-order valence-corrected chi connectivity index (χ1v) is 10.0. The first-order valence-electron chi connectivity index (χ1n) is 10.0.